The van der Waals surface area contributed by atoms with Crippen molar-refractivity contribution in [3.05, 3.63) is 23.0 Å². The topological polar surface area (TPSA) is 43.8 Å². The largest absolute Gasteiger partial charge is 0.369 e. The van der Waals surface area contributed by atoms with Gasteiger partial charge < -0.3 is 10.3 Å². The number of nitrogen functional groups attached to an aromatic ring is 1. The van der Waals surface area contributed by atoms with Crippen LogP contribution in [0.5, 0.6) is 0 Å². The third-order valence-corrected chi connectivity index (χ3v) is 3.20. The number of hydrogen-bond acceptors (Lipinski definition) is 2. The monoisotopic (exact) mass is 255 g/mol. The molecule has 17 heavy (non-hydrogen) atoms. The van der Waals surface area contributed by atoms with Crippen molar-refractivity contribution in [1.29, 1.82) is 0 Å². The molecule has 2 N–H and O–H groups in total. The first-order valence-electron chi connectivity index (χ1n) is 5.67. The second-order valence-electron chi connectivity index (χ2n) is 4.23. The van der Waals surface area contributed by atoms with Gasteiger partial charge in [0.2, 0.25) is 5.95 Å². The molecule has 1 heterocycles. The van der Waals surface area contributed by atoms with E-state index in [2.05, 4.69) is 18.8 Å². The number of benzene rings is 1. The highest BCUT2D eigenvalue weighted by Gasteiger charge is 2.15. The fourth-order valence-corrected chi connectivity index (χ4v) is 2.28. The lowest BCUT2D eigenvalue weighted by molar-refractivity contribution is 0.518. The van der Waals surface area contributed by atoms with Crippen molar-refractivity contribution >= 4 is 28.6 Å². The van der Waals surface area contributed by atoms with Crippen molar-refractivity contribution in [3.63, 3.8) is 0 Å². The second-order valence-corrected chi connectivity index (χ2v) is 4.64. The van der Waals surface area contributed by atoms with E-state index in [9.17, 15) is 4.39 Å². The third-order valence-electron chi connectivity index (χ3n) is 2.91. The first-order chi connectivity index (χ1) is 8.04. The van der Waals surface area contributed by atoms with Crippen molar-refractivity contribution in [2.45, 2.75) is 32.7 Å². The van der Waals surface area contributed by atoms with Crippen LogP contribution in [0.15, 0.2) is 12.1 Å². The highest BCUT2D eigenvalue weighted by atomic mass is 35.5. The van der Waals surface area contributed by atoms with Gasteiger partial charge in [-0.3, -0.25) is 0 Å². The molecule has 0 spiro atoms. The number of anilines is 1. The van der Waals surface area contributed by atoms with Crippen molar-refractivity contribution in [2.75, 3.05) is 5.73 Å². The van der Waals surface area contributed by atoms with Crippen molar-refractivity contribution < 1.29 is 4.39 Å². The fraction of sp³-hybridized carbons (Fsp3) is 0.417. The maximum atomic E-state index is 13.3. The molecule has 3 nitrogen and oxygen atoms in total. The van der Waals surface area contributed by atoms with Gasteiger partial charge in [-0.15, -0.1) is 0 Å². The van der Waals surface area contributed by atoms with Crippen LogP contribution in [-0.2, 0) is 0 Å². The van der Waals surface area contributed by atoms with Crippen LogP contribution in [0, 0.1) is 5.82 Å². The Morgan fingerprint density at radius 3 is 2.88 bits per heavy atom. The minimum atomic E-state index is -0.466. The Bertz CT molecular complexity index is 550. The molecule has 1 atom stereocenters. The van der Waals surface area contributed by atoms with E-state index in [1.165, 1.54) is 6.07 Å². The number of hydrogen-bond donors (Lipinski definition) is 1. The van der Waals surface area contributed by atoms with Crippen LogP contribution >= 0.6 is 11.6 Å². The molecule has 0 saturated carbocycles. The van der Waals surface area contributed by atoms with Gasteiger partial charge in [-0.2, -0.15) is 0 Å². The summed E-state index contributed by atoms with van der Waals surface area (Å²) in [7, 11) is 0. The molecule has 2 aromatic rings. The highest BCUT2D eigenvalue weighted by Crippen LogP contribution is 2.28. The Kier molecular flexibility index (Phi) is 3.24. The molecule has 1 unspecified atom stereocenters. The second kappa shape index (κ2) is 4.53. The Labute approximate surface area is 104 Å². The van der Waals surface area contributed by atoms with Gasteiger partial charge in [-0.25, -0.2) is 9.37 Å². The molecule has 0 bridgehead atoms. The molecule has 0 saturated heterocycles. The minimum absolute atomic E-state index is 0.0994. The number of imidazole rings is 1. The molecular weight excluding hydrogens is 241 g/mol. The zero-order valence-corrected chi connectivity index (χ0v) is 10.6. The number of halogens is 2. The number of nitrogens with zero attached hydrogens (tertiary/aromatic N) is 2. The van der Waals surface area contributed by atoms with Crippen LogP contribution < -0.4 is 5.73 Å². The molecule has 0 aliphatic rings. The lowest BCUT2D eigenvalue weighted by Gasteiger charge is -2.14. The average Bonchev–Trinajstić information content (AvgIpc) is 2.55. The maximum absolute atomic E-state index is 13.3. The van der Waals surface area contributed by atoms with Crippen LogP contribution in [-0.4, -0.2) is 9.55 Å². The summed E-state index contributed by atoms with van der Waals surface area (Å²) in [6.07, 6.45) is 2.04. The normalized spacial score (nSPS) is 13.2. The summed E-state index contributed by atoms with van der Waals surface area (Å²) >= 11 is 5.79. The van der Waals surface area contributed by atoms with Gasteiger partial charge >= 0.3 is 0 Å². The zero-order chi connectivity index (χ0) is 12.6. The Balaban J connectivity index is 2.62. The molecule has 0 aliphatic heterocycles. The molecule has 0 fully saturated rings. The van der Waals surface area contributed by atoms with Gasteiger partial charge in [0.1, 0.15) is 5.82 Å². The van der Waals surface area contributed by atoms with Gasteiger partial charge in [-0.1, -0.05) is 24.9 Å². The summed E-state index contributed by atoms with van der Waals surface area (Å²) in [6.45, 7) is 4.18. The number of aromatic nitrogens is 2. The van der Waals surface area contributed by atoms with Crippen LogP contribution in [0.25, 0.3) is 11.0 Å². The molecule has 92 valence electrons. The van der Waals surface area contributed by atoms with Crippen LogP contribution in [0.2, 0.25) is 5.02 Å². The lowest BCUT2D eigenvalue weighted by atomic mass is 10.2. The van der Waals surface area contributed by atoms with E-state index in [-0.39, 0.29) is 11.1 Å². The quantitative estimate of drug-likeness (QED) is 0.907. The van der Waals surface area contributed by atoms with Gasteiger partial charge in [0, 0.05) is 12.1 Å². The lowest BCUT2D eigenvalue weighted by Crippen LogP contribution is -2.08. The summed E-state index contributed by atoms with van der Waals surface area (Å²) in [5, 5.41) is 0.0994. The molecule has 2 rings (SSSR count). The summed E-state index contributed by atoms with van der Waals surface area (Å²) in [5.74, 6) is -0.0606. The first-order valence-corrected chi connectivity index (χ1v) is 6.04. The molecule has 0 amide bonds. The predicted octanol–water partition coefficient (Wildman–Crippen LogP) is 3.77. The summed E-state index contributed by atoms with van der Waals surface area (Å²) in [5.41, 5.74) is 7.21. The Morgan fingerprint density at radius 2 is 2.24 bits per heavy atom. The molecule has 1 aromatic heterocycles. The number of rotatable bonds is 3. The fourth-order valence-electron chi connectivity index (χ4n) is 2.12. The summed E-state index contributed by atoms with van der Waals surface area (Å²) < 4.78 is 15.2. The van der Waals surface area contributed by atoms with Crippen molar-refractivity contribution in [3.8, 4) is 0 Å². The first kappa shape index (κ1) is 12.2. The van der Waals surface area contributed by atoms with E-state index < -0.39 is 5.82 Å². The zero-order valence-electron chi connectivity index (χ0n) is 9.87. The highest BCUT2D eigenvalue weighted by molar-refractivity contribution is 6.31. The minimum Gasteiger partial charge on any atom is -0.369 e. The third kappa shape index (κ3) is 2.09. The Morgan fingerprint density at radius 1 is 1.53 bits per heavy atom. The predicted molar refractivity (Wildman–Crippen MR) is 68.7 cm³/mol. The van der Waals surface area contributed by atoms with E-state index in [1.54, 1.807) is 6.07 Å². The van der Waals surface area contributed by atoms with E-state index in [0.717, 1.165) is 18.4 Å². The van der Waals surface area contributed by atoms with Gasteiger partial charge in [0.05, 0.1) is 16.1 Å². The number of nitrogens with two attached hydrogens (primary N) is 1. The number of fused-ring (bicyclic) bond motifs is 1. The van der Waals surface area contributed by atoms with E-state index in [0.29, 0.717) is 11.5 Å². The average molecular weight is 256 g/mol. The molecule has 1 aromatic carbocycles. The van der Waals surface area contributed by atoms with Gasteiger partial charge in [-0.05, 0) is 19.4 Å². The smallest absolute Gasteiger partial charge is 0.201 e. The summed E-state index contributed by atoms with van der Waals surface area (Å²) in [6, 6.07) is 3.14. The standard InChI is InChI=1S/C12H15ClFN3/c1-3-4-7(2)17-11-5-8(13)9(14)6-10(11)16-12(17)15/h5-7H,3-4H2,1-2H3,(H2,15,16). The molecular formula is C12H15ClFN3. The van der Waals surface area contributed by atoms with Crippen LogP contribution in [0.1, 0.15) is 32.7 Å². The maximum Gasteiger partial charge on any atom is 0.201 e. The Hall–Kier alpha value is -1.29. The van der Waals surface area contributed by atoms with Crippen molar-refractivity contribution in [2.24, 2.45) is 0 Å². The van der Waals surface area contributed by atoms with Crippen LogP contribution in [0.3, 0.4) is 0 Å². The SMILES string of the molecule is CCCC(C)n1c(N)nc2cc(F)c(Cl)cc21. The molecule has 0 aliphatic carbocycles. The summed E-state index contributed by atoms with van der Waals surface area (Å²) in [4.78, 5) is 4.16. The van der Waals surface area contributed by atoms with Crippen LogP contribution in [0.4, 0.5) is 10.3 Å². The van der Waals surface area contributed by atoms with E-state index in [1.807, 2.05) is 4.57 Å². The van der Waals surface area contributed by atoms with E-state index in [4.69, 9.17) is 17.3 Å². The van der Waals surface area contributed by atoms with Gasteiger partial charge in [0.15, 0.2) is 0 Å². The van der Waals surface area contributed by atoms with Gasteiger partial charge in [0.25, 0.3) is 0 Å². The molecule has 5 heteroatoms. The van der Waals surface area contributed by atoms with E-state index >= 15 is 0 Å². The van der Waals surface area contributed by atoms with Crippen molar-refractivity contribution in [1.82, 2.24) is 9.55 Å². The molecule has 0 radical (unpaired) electrons.